The summed E-state index contributed by atoms with van der Waals surface area (Å²) in [6, 6.07) is 0. The van der Waals surface area contributed by atoms with Crippen molar-refractivity contribution in [1.29, 1.82) is 0 Å². The van der Waals surface area contributed by atoms with Crippen LogP contribution in [0.25, 0.3) is 11.2 Å². The van der Waals surface area contributed by atoms with Gasteiger partial charge in [-0.1, -0.05) is 18.3 Å². The quantitative estimate of drug-likeness (QED) is 0.175. The number of nitrogens with one attached hydrogen (secondary N) is 2. The molecule has 0 spiro atoms. The van der Waals surface area contributed by atoms with Gasteiger partial charge in [-0.25, -0.2) is 4.57 Å². The molecule has 3 heterocycles. The van der Waals surface area contributed by atoms with E-state index in [2.05, 4.69) is 19.8 Å². The minimum atomic E-state index is -5.02. The summed E-state index contributed by atoms with van der Waals surface area (Å²) in [6.07, 6.45) is -2.03. The number of phosphoric ester groups is 1. The number of ether oxygens (including phenoxy) is 1. The number of unbranched alkanes of at least 4 members (excludes halogenated alkanes) is 1. The van der Waals surface area contributed by atoms with Crippen molar-refractivity contribution in [3.63, 3.8) is 0 Å². The van der Waals surface area contributed by atoms with Crippen LogP contribution in [0.2, 0.25) is 0 Å². The summed E-state index contributed by atoms with van der Waals surface area (Å²) < 4.78 is 23.5. The molecule has 5 N–H and O–H groups in total. The lowest BCUT2D eigenvalue weighted by molar-refractivity contribution is -0.745. The molecule has 1 fully saturated rings. The third-order valence-electron chi connectivity index (χ3n) is 4.61. The van der Waals surface area contributed by atoms with Crippen LogP contribution in [-0.4, -0.2) is 61.1 Å². The fourth-order valence-electron chi connectivity index (χ4n) is 3.17. The number of aromatic amines is 1. The Hall–Kier alpha value is -1.86. The van der Waals surface area contributed by atoms with Crippen LogP contribution in [0.4, 0.5) is 5.95 Å². The Bertz CT molecular complexity index is 972. The van der Waals surface area contributed by atoms with Gasteiger partial charge in [0.2, 0.25) is 11.7 Å². The van der Waals surface area contributed by atoms with Gasteiger partial charge in [-0.2, -0.15) is 0 Å². The second-order valence-electron chi connectivity index (χ2n) is 6.81. The summed E-state index contributed by atoms with van der Waals surface area (Å²) in [6.45, 7) is 1.95. The van der Waals surface area contributed by atoms with Gasteiger partial charge in [0.25, 0.3) is 19.3 Å². The van der Waals surface area contributed by atoms with Crippen LogP contribution in [0.5, 0.6) is 0 Å². The van der Waals surface area contributed by atoms with Crippen LogP contribution < -0.4 is 20.3 Å². The fraction of sp³-hybridized carbons (Fsp3) is 0.667. The number of aliphatic hydroxyl groups is 2. The van der Waals surface area contributed by atoms with E-state index in [1.807, 2.05) is 6.92 Å². The highest BCUT2D eigenvalue weighted by atomic mass is 31.2. The number of hydrogen-bond acceptors (Lipinski definition) is 9. The van der Waals surface area contributed by atoms with Gasteiger partial charge < -0.3 is 34.6 Å². The minimum Gasteiger partial charge on any atom is -0.756 e. The number of aliphatic hydroxyl groups excluding tert-OH is 2. The summed E-state index contributed by atoms with van der Waals surface area (Å²) in [7, 11) is -3.41. The zero-order valence-corrected chi connectivity index (χ0v) is 16.8. The van der Waals surface area contributed by atoms with Crippen molar-refractivity contribution >= 4 is 24.9 Å². The predicted octanol–water partition coefficient (Wildman–Crippen LogP) is -2.14. The maximum absolute atomic E-state index is 12.5. The average molecular weight is 433 g/mol. The molecule has 0 aromatic carbocycles. The summed E-state index contributed by atoms with van der Waals surface area (Å²) in [5, 5.41) is 23.6. The monoisotopic (exact) mass is 433 g/mol. The van der Waals surface area contributed by atoms with Crippen molar-refractivity contribution < 1.29 is 38.4 Å². The third kappa shape index (κ3) is 4.67. The highest BCUT2D eigenvalue weighted by molar-refractivity contribution is 7.44. The lowest BCUT2D eigenvalue weighted by atomic mass is 10.1. The van der Waals surface area contributed by atoms with E-state index in [1.165, 1.54) is 15.5 Å². The Morgan fingerprint density at radius 2 is 2.21 bits per heavy atom. The van der Waals surface area contributed by atoms with E-state index < -0.39 is 44.5 Å². The van der Waals surface area contributed by atoms with E-state index in [0.29, 0.717) is 6.54 Å². The molecule has 0 saturated carbocycles. The van der Waals surface area contributed by atoms with Crippen LogP contribution in [0.1, 0.15) is 26.0 Å². The van der Waals surface area contributed by atoms with E-state index in [0.717, 1.165) is 12.8 Å². The van der Waals surface area contributed by atoms with Crippen molar-refractivity contribution in [3.8, 4) is 0 Å². The predicted molar refractivity (Wildman–Crippen MR) is 96.6 cm³/mol. The molecule has 5 atom stereocenters. The van der Waals surface area contributed by atoms with Crippen LogP contribution in [-0.2, 0) is 20.9 Å². The smallest absolute Gasteiger partial charge is 0.313 e. The van der Waals surface area contributed by atoms with E-state index in [-0.39, 0.29) is 17.1 Å². The fourth-order valence-corrected chi connectivity index (χ4v) is 3.51. The van der Waals surface area contributed by atoms with Gasteiger partial charge in [0.05, 0.1) is 13.7 Å². The lowest BCUT2D eigenvalue weighted by Crippen LogP contribution is -2.46. The Kier molecular flexibility index (Phi) is 6.39. The molecule has 1 saturated heterocycles. The zero-order valence-electron chi connectivity index (χ0n) is 15.9. The molecule has 1 aliphatic heterocycles. The van der Waals surface area contributed by atoms with E-state index in [1.54, 1.807) is 7.05 Å². The second kappa shape index (κ2) is 8.48. The van der Waals surface area contributed by atoms with Crippen molar-refractivity contribution in [2.24, 2.45) is 7.05 Å². The maximum atomic E-state index is 12.5. The summed E-state index contributed by atoms with van der Waals surface area (Å²) in [4.78, 5) is 39.0. The Balaban J connectivity index is 1.92. The minimum absolute atomic E-state index is 0.199. The zero-order chi connectivity index (χ0) is 21.3. The maximum Gasteiger partial charge on any atom is 0.313 e. The Morgan fingerprint density at radius 1 is 1.48 bits per heavy atom. The molecule has 0 bridgehead atoms. The first-order valence-corrected chi connectivity index (χ1v) is 10.6. The number of anilines is 1. The molecule has 162 valence electrons. The molecular weight excluding hydrogens is 409 g/mol. The van der Waals surface area contributed by atoms with Crippen LogP contribution in [0.15, 0.2) is 11.1 Å². The Morgan fingerprint density at radius 3 is 2.86 bits per heavy atom. The van der Waals surface area contributed by atoms with Crippen LogP contribution in [0, 0.1) is 0 Å². The number of phosphoric acid groups is 1. The summed E-state index contributed by atoms with van der Waals surface area (Å²) in [5.74, 6) is 0.247. The number of imidazole rings is 1. The van der Waals surface area contributed by atoms with Gasteiger partial charge in [-0.05, 0) is 6.42 Å². The number of hydrogen-bond donors (Lipinski definition) is 5. The van der Waals surface area contributed by atoms with E-state index in [9.17, 15) is 24.5 Å². The van der Waals surface area contributed by atoms with Gasteiger partial charge in [-0.3, -0.25) is 18.9 Å². The third-order valence-corrected chi connectivity index (χ3v) is 5.08. The molecule has 0 aliphatic carbocycles. The summed E-state index contributed by atoms with van der Waals surface area (Å²) >= 11 is 0. The SMILES string of the molecule is CCCCNc1nc2c(c(=O)[nH]1)n(C)c[n+]2[C@@H]1O[C@H](COP(=O)([O-])O)[C@@H](O)[C@H]1O. The normalized spacial score (nSPS) is 26.7. The van der Waals surface area contributed by atoms with E-state index >= 15 is 0 Å². The van der Waals surface area contributed by atoms with Crippen molar-refractivity contribution in [2.75, 3.05) is 18.5 Å². The first-order chi connectivity index (χ1) is 13.6. The standard InChI is InChI=1S/C15H24N5O8P/c1-3-4-5-16-15-17-12-9(13(23)18-15)19(2)7-20(12)14-11(22)10(21)8(28-14)6-27-29(24,25)26/h7-8,10-11,14,21-22H,3-6H2,1-2H3,(H3-,16,17,18,23,24,25,26)/t8-,10-,11-,14-/m1/s1. The first-order valence-electron chi connectivity index (χ1n) is 9.06. The van der Waals surface area contributed by atoms with Gasteiger partial charge in [0.1, 0.15) is 18.3 Å². The number of fused-ring (bicyclic) bond motifs is 1. The number of nitrogens with zero attached hydrogens (tertiary/aromatic N) is 3. The molecule has 2 aromatic rings. The van der Waals surface area contributed by atoms with E-state index in [4.69, 9.17) is 9.63 Å². The molecule has 0 radical (unpaired) electrons. The van der Waals surface area contributed by atoms with Gasteiger partial charge >= 0.3 is 5.65 Å². The number of aromatic nitrogens is 4. The number of aryl methyl sites for hydroxylation is 1. The molecular formula is C15H24N5O8P. The molecule has 3 rings (SSSR count). The molecule has 2 aromatic heterocycles. The molecule has 14 heteroatoms. The highest BCUT2D eigenvalue weighted by Gasteiger charge is 2.47. The van der Waals surface area contributed by atoms with Gasteiger partial charge in [0.15, 0.2) is 6.33 Å². The van der Waals surface area contributed by atoms with Gasteiger partial charge in [0, 0.05) is 6.54 Å². The molecule has 1 aliphatic rings. The molecule has 1 unspecified atom stereocenters. The first kappa shape index (κ1) is 21.8. The average Bonchev–Trinajstić information content (AvgIpc) is 3.11. The number of H-pyrrole nitrogens is 1. The second-order valence-corrected chi connectivity index (χ2v) is 8.01. The van der Waals surface area contributed by atoms with Crippen molar-refractivity contribution in [2.45, 2.75) is 44.3 Å². The van der Waals surface area contributed by atoms with Crippen molar-refractivity contribution in [3.05, 3.63) is 16.7 Å². The number of rotatable bonds is 8. The highest BCUT2D eigenvalue weighted by Crippen LogP contribution is 2.34. The van der Waals surface area contributed by atoms with Crippen molar-refractivity contribution in [1.82, 2.24) is 14.5 Å². The Labute approximate surface area is 165 Å². The van der Waals surface area contributed by atoms with Crippen LogP contribution >= 0.6 is 7.82 Å². The lowest BCUT2D eigenvalue weighted by Gasteiger charge is -2.19. The largest absolute Gasteiger partial charge is 0.756 e. The summed E-state index contributed by atoms with van der Waals surface area (Å²) in [5.41, 5.74) is 0.0101. The van der Waals surface area contributed by atoms with Gasteiger partial charge in [-0.15, -0.1) is 0 Å². The molecule has 0 amide bonds. The molecule has 29 heavy (non-hydrogen) atoms. The van der Waals surface area contributed by atoms with Crippen LogP contribution in [0.3, 0.4) is 0 Å². The molecule has 13 nitrogen and oxygen atoms in total. The topological polar surface area (TPSA) is 186 Å².